The van der Waals surface area contributed by atoms with Crippen molar-refractivity contribution < 1.29 is 31.1 Å². The normalized spacial score (nSPS) is 11.5. The van der Waals surface area contributed by atoms with E-state index in [1.807, 2.05) is 24.3 Å². The van der Waals surface area contributed by atoms with E-state index in [0.29, 0.717) is 12.3 Å². The number of aryl methyl sites for hydroxylation is 1. The van der Waals surface area contributed by atoms with E-state index in [-0.39, 0.29) is 22.0 Å². The van der Waals surface area contributed by atoms with Gasteiger partial charge in [0, 0.05) is 23.4 Å². The van der Waals surface area contributed by atoms with Gasteiger partial charge in [0.05, 0.1) is 4.90 Å². The fraction of sp³-hybridized carbons (Fsp3) is 0.115. The van der Waals surface area contributed by atoms with Gasteiger partial charge < -0.3 is 14.5 Å². The fourth-order valence-corrected chi connectivity index (χ4v) is 4.38. The lowest BCUT2D eigenvalue weighted by atomic mass is 10.1. The Bertz CT molecular complexity index is 1480. The number of ether oxygens (including phenoxy) is 1. The minimum absolute atomic E-state index is 0.00927. The molecule has 0 saturated heterocycles. The van der Waals surface area contributed by atoms with Crippen molar-refractivity contribution in [3.63, 3.8) is 0 Å². The van der Waals surface area contributed by atoms with E-state index in [9.17, 15) is 22.0 Å². The summed E-state index contributed by atoms with van der Waals surface area (Å²) < 4.78 is 58.3. The summed E-state index contributed by atoms with van der Waals surface area (Å²) in [7, 11) is -4.08. The van der Waals surface area contributed by atoms with Crippen LogP contribution in [0.4, 0.5) is 14.5 Å². The van der Waals surface area contributed by atoms with Crippen LogP contribution in [0.2, 0.25) is 0 Å². The first-order valence-corrected chi connectivity index (χ1v) is 12.3. The second kappa shape index (κ2) is 10.3. The highest BCUT2D eigenvalue weighted by Crippen LogP contribution is 2.26. The van der Waals surface area contributed by atoms with E-state index >= 15 is 0 Å². The molecule has 3 N–H and O–H groups in total. The minimum Gasteiger partial charge on any atom is -0.458 e. The summed E-state index contributed by atoms with van der Waals surface area (Å²) in [5.41, 5.74) is 3.22. The Kier molecular flexibility index (Phi) is 7.18. The number of ketones is 1. The second-order valence-corrected chi connectivity index (χ2v) is 9.43. The molecule has 1 aromatic heterocycles. The predicted molar refractivity (Wildman–Crippen MR) is 131 cm³/mol. The number of nitrogens with two attached hydrogens (primary N) is 1. The van der Waals surface area contributed by atoms with Crippen LogP contribution in [0.1, 0.15) is 27.4 Å². The number of alkyl halides is 2. The first-order chi connectivity index (χ1) is 17.1. The number of furan rings is 1. The van der Waals surface area contributed by atoms with Gasteiger partial charge >= 0.3 is 6.61 Å². The molecule has 7 nitrogen and oxygen atoms in total. The molecule has 186 valence electrons. The summed E-state index contributed by atoms with van der Waals surface area (Å²) in [5, 5.41) is 8.49. The van der Waals surface area contributed by atoms with Gasteiger partial charge in [-0.25, -0.2) is 13.6 Å². The number of anilines is 1. The van der Waals surface area contributed by atoms with Gasteiger partial charge in [-0.05, 0) is 60.5 Å². The number of benzene rings is 3. The lowest BCUT2D eigenvalue weighted by Gasteiger charge is -2.08. The van der Waals surface area contributed by atoms with Crippen molar-refractivity contribution in [1.29, 1.82) is 0 Å². The van der Waals surface area contributed by atoms with Gasteiger partial charge in [0.2, 0.25) is 15.8 Å². The summed E-state index contributed by atoms with van der Waals surface area (Å²) in [6.07, 6.45) is 0. The van der Waals surface area contributed by atoms with Crippen LogP contribution >= 0.6 is 0 Å². The monoisotopic (exact) mass is 512 g/mol. The number of carbonyl (C=O) groups excluding carboxylic acids is 1. The molecule has 0 aliphatic heterocycles. The van der Waals surface area contributed by atoms with Crippen molar-refractivity contribution in [1.82, 2.24) is 0 Å². The summed E-state index contributed by atoms with van der Waals surface area (Å²) in [5.74, 6) is 0.0356. The first kappa shape index (κ1) is 25.1. The molecule has 0 amide bonds. The smallest absolute Gasteiger partial charge is 0.387 e. The molecule has 36 heavy (non-hydrogen) atoms. The lowest BCUT2D eigenvalue weighted by Crippen LogP contribution is -2.16. The maximum absolute atomic E-state index is 12.9. The quantitative estimate of drug-likeness (QED) is 0.293. The molecule has 0 aliphatic carbocycles. The molecule has 0 aliphatic rings. The molecule has 0 atom stereocenters. The number of primary sulfonamides is 1. The van der Waals surface area contributed by atoms with Crippen LogP contribution in [0.25, 0.3) is 11.1 Å². The van der Waals surface area contributed by atoms with Gasteiger partial charge in [-0.3, -0.25) is 4.79 Å². The van der Waals surface area contributed by atoms with Gasteiger partial charge in [-0.15, -0.1) is 0 Å². The Morgan fingerprint density at radius 2 is 1.61 bits per heavy atom. The van der Waals surface area contributed by atoms with Crippen molar-refractivity contribution in [2.75, 3.05) is 5.32 Å². The van der Waals surface area contributed by atoms with Crippen molar-refractivity contribution in [2.24, 2.45) is 5.14 Å². The number of halogens is 2. The molecular formula is C26H22F2N2O5S. The van der Waals surface area contributed by atoms with Crippen LogP contribution in [0, 0.1) is 6.92 Å². The Balaban J connectivity index is 1.44. The number of rotatable bonds is 9. The molecule has 0 fully saturated rings. The van der Waals surface area contributed by atoms with E-state index in [1.165, 1.54) is 30.3 Å². The molecule has 0 bridgehead atoms. The number of hydrogen-bond donors (Lipinski definition) is 2. The largest absolute Gasteiger partial charge is 0.458 e. The topological polar surface area (TPSA) is 112 Å². The zero-order valence-electron chi connectivity index (χ0n) is 19.1. The molecule has 4 rings (SSSR count). The minimum atomic E-state index is -4.08. The Morgan fingerprint density at radius 1 is 1.00 bits per heavy atom. The van der Waals surface area contributed by atoms with Crippen molar-refractivity contribution >= 4 is 21.5 Å². The van der Waals surface area contributed by atoms with Crippen LogP contribution in [-0.4, -0.2) is 20.8 Å². The van der Waals surface area contributed by atoms with Crippen LogP contribution < -0.4 is 15.2 Å². The lowest BCUT2D eigenvalue weighted by molar-refractivity contribution is -0.0498. The molecular weight excluding hydrogens is 490 g/mol. The zero-order valence-corrected chi connectivity index (χ0v) is 19.9. The Hall–Kier alpha value is -4.02. The van der Waals surface area contributed by atoms with E-state index in [2.05, 4.69) is 10.1 Å². The van der Waals surface area contributed by atoms with E-state index in [0.717, 1.165) is 22.4 Å². The van der Waals surface area contributed by atoms with E-state index < -0.39 is 22.4 Å². The van der Waals surface area contributed by atoms with Gasteiger partial charge in [0.15, 0.2) is 5.76 Å². The van der Waals surface area contributed by atoms with Gasteiger partial charge in [-0.1, -0.05) is 36.4 Å². The highest BCUT2D eigenvalue weighted by molar-refractivity contribution is 7.89. The summed E-state index contributed by atoms with van der Waals surface area (Å²) in [4.78, 5) is 12.7. The predicted octanol–water partition coefficient (Wildman–Crippen LogP) is 5.35. The fourth-order valence-electron chi connectivity index (χ4n) is 3.65. The van der Waals surface area contributed by atoms with E-state index in [4.69, 9.17) is 9.56 Å². The maximum Gasteiger partial charge on any atom is 0.387 e. The van der Waals surface area contributed by atoms with Crippen molar-refractivity contribution in [3.05, 3.63) is 102 Å². The molecule has 0 saturated carbocycles. The van der Waals surface area contributed by atoms with Crippen LogP contribution in [0.3, 0.4) is 0 Å². The average Bonchev–Trinajstić information content (AvgIpc) is 3.22. The highest BCUT2D eigenvalue weighted by Gasteiger charge is 2.23. The summed E-state index contributed by atoms with van der Waals surface area (Å²) >= 11 is 0. The van der Waals surface area contributed by atoms with Crippen molar-refractivity contribution in [3.8, 4) is 16.9 Å². The number of sulfonamides is 1. The van der Waals surface area contributed by atoms with Crippen LogP contribution in [0.15, 0.2) is 88.2 Å². The highest BCUT2D eigenvalue weighted by atomic mass is 32.2. The molecule has 1 heterocycles. The molecule has 0 radical (unpaired) electrons. The molecule has 0 spiro atoms. The number of carbonyl (C=O) groups is 1. The number of nitrogens with one attached hydrogen (secondary N) is 1. The molecule has 3 aromatic carbocycles. The maximum atomic E-state index is 12.9. The molecule has 0 unspecified atom stereocenters. The third-order valence-corrected chi connectivity index (χ3v) is 6.43. The standard InChI is InChI=1S/C26H22F2N2O5S/c1-16-19(14-23(34-16)25(31)22-4-2-3-5-24(22)36(29,32)33)15-30-20-10-6-17(7-11-20)18-8-12-21(13-9-18)35-26(27)28/h2-14,26,30H,15H2,1H3,(H2,29,32,33). The van der Waals surface area contributed by atoms with Gasteiger partial charge in [-0.2, -0.15) is 8.78 Å². The Morgan fingerprint density at radius 3 is 2.22 bits per heavy atom. The zero-order chi connectivity index (χ0) is 25.9. The van der Waals surface area contributed by atoms with E-state index in [1.54, 1.807) is 31.2 Å². The summed E-state index contributed by atoms with van der Waals surface area (Å²) in [6.45, 7) is -0.797. The molecule has 4 aromatic rings. The van der Waals surface area contributed by atoms with Crippen LogP contribution in [0.5, 0.6) is 5.75 Å². The third kappa shape index (κ3) is 5.78. The van der Waals surface area contributed by atoms with Gasteiger partial charge in [0.25, 0.3) is 0 Å². The SMILES string of the molecule is Cc1oc(C(=O)c2ccccc2S(N)(=O)=O)cc1CNc1ccc(-c2ccc(OC(F)F)cc2)cc1. The second-order valence-electron chi connectivity index (χ2n) is 7.90. The van der Waals surface area contributed by atoms with Crippen LogP contribution in [-0.2, 0) is 16.6 Å². The first-order valence-electron chi connectivity index (χ1n) is 10.8. The van der Waals surface area contributed by atoms with Crippen molar-refractivity contribution in [2.45, 2.75) is 25.0 Å². The van der Waals surface area contributed by atoms with Gasteiger partial charge in [0.1, 0.15) is 11.5 Å². The molecule has 10 heteroatoms. The number of hydrogen-bond acceptors (Lipinski definition) is 6. The Labute approximate surface area is 206 Å². The third-order valence-electron chi connectivity index (χ3n) is 5.46. The average molecular weight is 513 g/mol. The summed E-state index contributed by atoms with van der Waals surface area (Å²) in [6, 6.07) is 21.1.